The average molecular weight is 168 g/mol. The first-order valence-corrected chi connectivity index (χ1v) is 3.98. The number of hydrogen-bond acceptors (Lipinski definition) is 3. The van der Waals surface area contributed by atoms with Crippen LogP contribution in [0.4, 0.5) is 0 Å². The van der Waals surface area contributed by atoms with Gasteiger partial charge in [0.1, 0.15) is 5.76 Å². The van der Waals surface area contributed by atoms with Gasteiger partial charge in [-0.2, -0.15) is 0 Å². The van der Waals surface area contributed by atoms with E-state index in [0.29, 0.717) is 6.79 Å². The molecule has 0 amide bonds. The van der Waals surface area contributed by atoms with Crippen molar-refractivity contribution in [2.45, 2.75) is 12.8 Å². The lowest BCUT2D eigenvalue weighted by molar-refractivity contribution is 0.0738. The third-order valence-corrected chi connectivity index (χ3v) is 2.04. The van der Waals surface area contributed by atoms with Gasteiger partial charge in [0.05, 0.1) is 4.86 Å². The van der Waals surface area contributed by atoms with Gasteiger partial charge in [0.25, 0.3) is 0 Å². The smallest absolute Gasteiger partial charge is 0.230 e. The average Bonchev–Trinajstić information content (AvgIpc) is 2.40. The molecule has 0 bridgehead atoms. The van der Waals surface area contributed by atoms with Crippen molar-refractivity contribution in [1.29, 1.82) is 0 Å². The van der Waals surface area contributed by atoms with Crippen molar-refractivity contribution < 1.29 is 9.47 Å². The van der Waals surface area contributed by atoms with Gasteiger partial charge in [0.15, 0.2) is 5.76 Å². The van der Waals surface area contributed by atoms with Crippen molar-refractivity contribution >= 4 is 17.1 Å². The van der Waals surface area contributed by atoms with Crippen LogP contribution in [0.5, 0.6) is 0 Å². The zero-order valence-corrected chi connectivity index (χ0v) is 6.82. The summed E-state index contributed by atoms with van der Waals surface area (Å²) in [6.07, 6.45) is 5.86. The molecule has 0 spiro atoms. The van der Waals surface area contributed by atoms with Crippen molar-refractivity contribution in [1.82, 2.24) is 0 Å². The van der Waals surface area contributed by atoms with E-state index in [0.717, 1.165) is 29.2 Å². The van der Waals surface area contributed by atoms with E-state index in [2.05, 4.69) is 0 Å². The van der Waals surface area contributed by atoms with Gasteiger partial charge >= 0.3 is 0 Å². The molecule has 0 saturated carbocycles. The fourth-order valence-electron chi connectivity index (χ4n) is 1.18. The molecule has 0 atom stereocenters. The first-order chi connectivity index (χ1) is 5.38. The molecule has 2 nitrogen and oxygen atoms in total. The number of allylic oxidation sites excluding steroid dienone is 3. The Kier molecular flexibility index (Phi) is 1.66. The molecule has 1 heterocycles. The van der Waals surface area contributed by atoms with E-state index in [1.807, 2.05) is 12.2 Å². The summed E-state index contributed by atoms with van der Waals surface area (Å²) in [7, 11) is 0. The van der Waals surface area contributed by atoms with Gasteiger partial charge in [-0.15, -0.1) is 0 Å². The van der Waals surface area contributed by atoms with Gasteiger partial charge in [0, 0.05) is 6.42 Å². The molecule has 2 rings (SSSR count). The third-order valence-electron chi connectivity index (χ3n) is 1.72. The quantitative estimate of drug-likeness (QED) is 0.515. The first kappa shape index (κ1) is 6.85. The molecule has 58 valence electrons. The van der Waals surface area contributed by atoms with Crippen LogP contribution in [0.15, 0.2) is 23.7 Å². The topological polar surface area (TPSA) is 18.5 Å². The van der Waals surface area contributed by atoms with E-state index >= 15 is 0 Å². The lowest BCUT2D eigenvalue weighted by Gasteiger charge is -1.96. The molecule has 0 radical (unpaired) electrons. The molecule has 0 N–H and O–H groups in total. The number of hydrogen-bond donors (Lipinski definition) is 0. The maximum absolute atomic E-state index is 5.24. The van der Waals surface area contributed by atoms with Crippen LogP contribution >= 0.6 is 12.2 Å². The Morgan fingerprint density at radius 2 is 2.27 bits per heavy atom. The highest BCUT2D eigenvalue weighted by Crippen LogP contribution is 2.25. The van der Waals surface area contributed by atoms with Crippen molar-refractivity contribution in [2.75, 3.05) is 6.79 Å². The molecule has 11 heavy (non-hydrogen) atoms. The maximum Gasteiger partial charge on any atom is 0.230 e. The summed E-state index contributed by atoms with van der Waals surface area (Å²) in [5, 5.41) is 0. The van der Waals surface area contributed by atoms with Crippen LogP contribution in [0.1, 0.15) is 12.8 Å². The summed E-state index contributed by atoms with van der Waals surface area (Å²) < 4.78 is 10.5. The highest BCUT2D eigenvalue weighted by atomic mass is 32.1. The van der Waals surface area contributed by atoms with Crippen molar-refractivity contribution in [3.05, 3.63) is 23.7 Å². The Balaban J connectivity index is 2.33. The Morgan fingerprint density at radius 1 is 1.36 bits per heavy atom. The molecule has 3 heteroatoms. The summed E-state index contributed by atoms with van der Waals surface area (Å²) in [4.78, 5) is 0.759. The van der Waals surface area contributed by atoms with Crippen LogP contribution in [0, 0.1) is 0 Å². The van der Waals surface area contributed by atoms with E-state index in [9.17, 15) is 0 Å². The summed E-state index contributed by atoms with van der Waals surface area (Å²) >= 11 is 5.08. The second kappa shape index (κ2) is 2.66. The third kappa shape index (κ3) is 1.16. The minimum atomic E-state index is 0.332. The molecule has 1 aliphatic carbocycles. The zero-order chi connectivity index (χ0) is 7.68. The monoisotopic (exact) mass is 168 g/mol. The molecule has 2 aliphatic rings. The van der Waals surface area contributed by atoms with Crippen molar-refractivity contribution in [2.24, 2.45) is 0 Å². The fourth-order valence-corrected chi connectivity index (χ4v) is 1.45. The second-order valence-electron chi connectivity index (χ2n) is 2.46. The molecule has 0 aromatic heterocycles. The van der Waals surface area contributed by atoms with Crippen LogP contribution < -0.4 is 0 Å². The minimum Gasteiger partial charge on any atom is -0.458 e. The van der Waals surface area contributed by atoms with Gasteiger partial charge < -0.3 is 9.47 Å². The molecule has 1 aliphatic heterocycles. The van der Waals surface area contributed by atoms with Crippen LogP contribution in [-0.4, -0.2) is 11.7 Å². The summed E-state index contributed by atoms with van der Waals surface area (Å²) in [5.74, 6) is 1.69. The molecular weight excluding hydrogens is 160 g/mol. The van der Waals surface area contributed by atoms with Crippen LogP contribution in [0.2, 0.25) is 0 Å². The zero-order valence-electron chi connectivity index (χ0n) is 6.00. The summed E-state index contributed by atoms with van der Waals surface area (Å²) in [6.45, 7) is 0.332. The van der Waals surface area contributed by atoms with E-state index in [4.69, 9.17) is 21.7 Å². The van der Waals surface area contributed by atoms with Gasteiger partial charge in [-0.25, -0.2) is 0 Å². The Labute approximate surface area is 70.5 Å². The van der Waals surface area contributed by atoms with Gasteiger partial charge in [0.2, 0.25) is 6.79 Å². The van der Waals surface area contributed by atoms with Gasteiger partial charge in [-0.3, -0.25) is 0 Å². The Bertz CT molecular complexity index is 253. The van der Waals surface area contributed by atoms with E-state index < -0.39 is 0 Å². The molecule has 0 fully saturated rings. The van der Waals surface area contributed by atoms with E-state index in [1.165, 1.54) is 0 Å². The largest absolute Gasteiger partial charge is 0.458 e. The number of thiocarbonyl (C=S) groups is 1. The minimum absolute atomic E-state index is 0.332. The number of ether oxygens (including phenoxy) is 2. The summed E-state index contributed by atoms with van der Waals surface area (Å²) in [6, 6.07) is 0. The number of rotatable bonds is 0. The molecule has 0 saturated heterocycles. The normalized spacial score (nSPS) is 22.4. The predicted molar refractivity (Wildman–Crippen MR) is 45.0 cm³/mol. The van der Waals surface area contributed by atoms with Gasteiger partial charge in [-0.05, 0) is 12.5 Å². The summed E-state index contributed by atoms with van der Waals surface area (Å²) in [5.41, 5.74) is 0. The van der Waals surface area contributed by atoms with E-state index in [-0.39, 0.29) is 0 Å². The highest BCUT2D eigenvalue weighted by molar-refractivity contribution is 7.81. The SMILES string of the molecule is S=C1C=CCCC2=C1OCO2. The lowest BCUT2D eigenvalue weighted by Crippen LogP contribution is -1.96. The van der Waals surface area contributed by atoms with Crippen molar-refractivity contribution in [3.63, 3.8) is 0 Å². The first-order valence-electron chi connectivity index (χ1n) is 3.57. The lowest BCUT2D eigenvalue weighted by atomic mass is 10.3. The molecule has 0 aromatic rings. The van der Waals surface area contributed by atoms with E-state index in [1.54, 1.807) is 0 Å². The molecular formula is C8H8O2S. The fraction of sp³-hybridized carbons (Fsp3) is 0.375. The Morgan fingerprint density at radius 3 is 3.18 bits per heavy atom. The standard InChI is InChI=1S/C8H8O2S/c11-7-4-2-1-3-6-8(7)10-5-9-6/h2,4H,1,3,5H2. The maximum atomic E-state index is 5.24. The van der Waals surface area contributed by atoms with Crippen LogP contribution in [0.25, 0.3) is 0 Å². The highest BCUT2D eigenvalue weighted by Gasteiger charge is 2.20. The Hall–Kier alpha value is -0.830. The van der Waals surface area contributed by atoms with Crippen LogP contribution in [-0.2, 0) is 9.47 Å². The van der Waals surface area contributed by atoms with Gasteiger partial charge in [-0.1, -0.05) is 18.3 Å². The molecule has 0 unspecified atom stereocenters. The predicted octanol–water partition coefficient (Wildman–Crippen LogP) is 1.92. The molecule has 0 aromatic carbocycles. The van der Waals surface area contributed by atoms with Crippen molar-refractivity contribution in [3.8, 4) is 0 Å². The second-order valence-corrected chi connectivity index (χ2v) is 2.90. The van der Waals surface area contributed by atoms with Crippen LogP contribution in [0.3, 0.4) is 0 Å².